The van der Waals surface area contributed by atoms with E-state index < -0.39 is 11.9 Å². The van der Waals surface area contributed by atoms with Gasteiger partial charge in [0.15, 0.2) is 0 Å². The molecular formula is C7H8O4. The van der Waals surface area contributed by atoms with Crippen LogP contribution in [0, 0.1) is 11.8 Å². The van der Waals surface area contributed by atoms with Crippen molar-refractivity contribution >= 4 is 11.9 Å². The van der Waals surface area contributed by atoms with Crippen LogP contribution in [0.25, 0.3) is 0 Å². The normalized spacial score (nSPS) is 7.73. The van der Waals surface area contributed by atoms with E-state index in [4.69, 9.17) is 5.11 Å². The van der Waals surface area contributed by atoms with E-state index in [0.717, 1.165) is 0 Å². The van der Waals surface area contributed by atoms with Crippen molar-refractivity contribution < 1.29 is 19.4 Å². The number of rotatable bonds is 2. The standard InChI is InChI=1S/C7H8O4/c1-11-7(10)5-3-2-4-6(8)9/h2,4H2,1H3,(H,8,9). The lowest BCUT2D eigenvalue weighted by Crippen LogP contribution is -1.95. The number of methoxy groups -OCH3 is 1. The summed E-state index contributed by atoms with van der Waals surface area (Å²) >= 11 is 0. The van der Waals surface area contributed by atoms with Crippen molar-refractivity contribution in [3.63, 3.8) is 0 Å². The number of hydrogen-bond acceptors (Lipinski definition) is 3. The van der Waals surface area contributed by atoms with Gasteiger partial charge >= 0.3 is 11.9 Å². The van der Waals surface area contributed by atoms with Gasteiger partial charge in [-0.15, -0.1) is 0 Å². The van der Waals surface area contributed by atoms with Gasteiger partial charge < -0.3 is 9.84 Å². The molecule has 0 aliphatic rings. The highest BCUT2D eigenvalue weighted by Crippen LogP contribution is 1.84. The van der Waals surface area contributed by atoms with Gasteiger partial charge in [-0.25, -0.2) is 4.79 Å². The molecule has 0 spiro atoms. The van der Waals surface area contributed by atoms with Gasteiger partial charge in [0.05, 0.1) is 13.5 Å². The maximum Gasteiger partial charge on any atom is 0.384 e. The van der Waals surface area contributed by atoms with Crippen molar-refractivity contribution in [2.24, 2.45) is 0 Å². The third kappa shape index (κ3) is 6.38. The summed E-state index contributed by atoms with van der Waals surface area (Å²) in [7, 11) is 1.22. The van der Waals surface area contributed by atoms with Crippen LogP contribution in [0.1, 0.15) is 12.8 Å². The summed E-state index contributed by atoms with van der Waals surface area (Å²) in [6.07, 6.45) is 0.119. The van der Waals surface area contributed by atoms with Crippen molar-refractivity contribution in [2.75, 3.05) is 7.11 Å². The Balaban J connectivity index is 3.56. The van der Waals surface area contributed by atoms with E-state index in [9.17, 15) is 9.59 Å². The van der Waals surface area contributed by atoms with Crippen LogP contribution < -0.4 is 0 Å². The molecule has 0 unspecified atom stereocenters. The van der Waals surface area contributed by atoms with Crippen LogP contribution in [0.5, 0.6) is 0 Å². The summed E-state index contributed by atoms with van der Waals surface area (Å²) in [6, 6.07) is 0. The largest absolute Gasteiger partial charge is 0.481 e. The van der Waals surface area contributed by atoms with Crippen LogP contribution in [0.4, 0.5) is 0 Å². The number of carbonyl (C=O) groups is 2. The Labute approximate surface area is 64.2 Å². The van der Waals surface area contributed by atoms with Crippen molar-refractivity contribution in [3.05, 3.63) is 0 Å². The molecule has 0 bridgehead atoms. The van der Waals surface area contributed by atoms with Crippen molar-refractivity contribution in [1.29, 1.82) is 0 Å². The van der Waals surface area contributed by atoms with E-state index in [1.54, 1.807) is 0 Å². The topological polar surface area (TPSA) is 63.6 Å². The van der Waals surface area contributed by atoms with Crippen LogP contribution >= 0.6 is 0 Å². The average molecular weight is 156 g/mol. The SMILES string of the molecule is COC(=O)C#CCCC(=O)O. The zero-order valence-electron chi connectivity index (χ0n) is 6.09. The van der Waals surface area contributed by atoms with E-state index in [1.807, 2.05) is 0 Å². The third-order valence-electron chi connectivity index (χ3n) is 0.840. The number of ether oxygens (including phenoxy) is 1. The summed E-state index contributed by atoms with van der Waals surface area (Å²) in [5, 5.41) is 8.15. The predicted octanol–water partition coefficient (Wildman–Crippen LogP) is 0.0276. The molecule has 60 valence electrons. The predicted molar refractivity (Wildman–Crippen MR) is 36.7 cm³/mol. The molecule has 0 aromatic rings. The van der Waals surface area contributed by atoms with Crippen molar-refractivity contribution in [3.8, 4) is 11.8 Å². The van der Waals surface area contributed by atoms with Crippen LogP contribution in [-0.4, -0.2) is 24.2 Å². The van der Waals surface area contributed by atoms with Gasteiger partial charge in [-0.05, 0) is 0 Å². The number of hydrogen-bond donors (Lipinski definition) is 1. The second kappa shape index (κ2) is 5.30. The second-order valence-electron chi connectivity index (χ2n) is 1.69. The van der Waals surface area contributed by atoms with E-state index >= 15 is 0 Å². The highest BCUT2D eigenvalue weighted by molar-refractivity contribution is 5.88. The highest BCUT2D eigenvalue weighted by Gasteiger charge is 1.93. The molecule has 1 N–H and O–H groups in total. The first-order valence-corrected chi connectivity index (χ1v) is 2.95. The summed E-state index contributed by atoms with van der Waals surface area (Å²) in [4.78, 5) is 20.2. The molecule has 4 nitrogen and oxygen atoms in total. The molecule has 0 radical (unpaired) electrons. The quantitative estimate of drug-likeness (QED) is 0.348. The number of aliphatic carboxylic acids is 1. The summed E-state index contributed by atoms with van der Waals surface area (Å²) in [5.74, 6) is 2.91. The second-order valence-corrected chi connectivity index (χ2v) is 1.69. The fourth-order valence-corrected chi connectivity index (χ4v) is 0.355. The lowest BCUT2D eigenvalue weighted by molar-refractivity contribution is -0.137. The Morgan fingerprint density at radius 1 is 1.55 bits per heavy atom. The first-order chi connectivity index (χ1) is 5.16. The molecule has 0 saturated carbocycles. The summed E-state index contributed by atoms with van der Waals surface area (Å²) in [6.45, 7) is 0. The van der Waals surface area contributed by atoms with Gasteiger partial charge in [0.2, 0.25) is 0 Å². The molecule has 0 amide bonds. The molecule has 0 aliphatic carbocycles. The van der Waals surface area contributed by atoms with Gasteiger partial charge in [0.25, 0.3) is 0 Å². The monoisotopic (exact) mass is 156 g/mol. The van der Waals surface area contributed by atoms with E-state index in [1.165, 1.54) is 7.11 Å². The number of carboxylic acids is 1. The van der Waals surface area contributed by atoms with E-state index in [-0.39, 0.29) is 12.8 Å². The molecule has 0 heterocycles. The molecule has 0 fully saturated rings. The fraction of sp³-hybridized carbons (Fsp3) is 0.429. The minimum atomic E-state index is -0.927. The maximum atomic E-state index is 10.3. The molecule has 4 heteroatoms. The summed E-state index contributed by atoms with van der Waals surface area (Å²) < 4.78 is 4.20. The zero-order chi connectivity index (χ0) is 8.69. The molecule has 0 rings (SSSR count). The third-order valence-corrected chi connectivity index (χ3v) is 0.840. The molecule has 11 heavy (non-hydrogen) atoms. The maximum absolute atomic E-state index is 10.3. The lowest BCUT2D eigenvalue weighted by Gasteiger charge is -1.85. The lowest BCUT2D eigenvalue weighted by atomic mass is 10.3. The first-order valence-electron chi connectivity index (χ1n) is 2.95. The molecular weight excluding hydrogens is 148 g/mol. The Hall–Kier alpha value is -1.50. The van der Waals surface area contributed by atoms with Crippen molar-refractivity contribution in [1.82, 2.24) is 0 Å². The summed E-state index contributed by atoms with van der Waals surface area (Å²) in [5.41, 5.74) is 0. The Kier molecular flexibility index (Phi) is 4.58. The van der Waals surface area contributed by atoms with Gasteiger partial charge in [-0.2, -0.15) is 0 Å². The average Bonchev–Trinajstić information content (AvgIpc) is 1.97. The Morgan fingerprint density at radius 2 is 2.18 bits per heavy atom. The molecule has 0 aromatic carbocycles. The van der Waals surface area contributed by atoms with Gasteiger partial charge in [-0.3, -0.25) is 4.79 Å². The molecule has 0 atom stereocenters. The number of carboxylic acid groups (broad SMARTS) is 1. The molecule has 0 saturated heterocycles. The van der Waals surface area contributed by atoms with Crippen LogP contribution in [0.3, 0.4) is 0 Å². The van der Waals surface area contributed by atoms with Gasteiger partial charge in [0.1, 0.15) is 0 Å². The first kappa shape index (κ1) is 9.50. The minimum absolute atomic E-state index is 0.0516. The molecule has 0 aromatic heterocycles. The number of carbonyl (C=O) groups excluding carboxylic acids is 1. The zero-order valence-corrected chi connectivity index (χ0v) is 6.09. The van der Waals surface area contributed by atoms with Crippen LogP contribution in [-0.2, 0) is 14.3 Å². The van der Waals surface area contributed by atoms with Gasteiger partial charge in [0, 0.05) is 12.3 Å². The van der Waals surface area contributed by atoms with E-state index in [0.29, 0.717) is 0 Å². The van der Waals surface area contributed by atoms with E-state index in [2.05, 4.69) is 16.6 Å². The fourth-order valence-electron chi connectivity index (χ4n) is 0.355. The minimum Gasteiger partial charge on any atom is -0.481 e. The van der Waals surface area contributed by atoms with Crippen molar-refractivity contribution in [2.45, 2.75) is 12.8 Å². The molecule has 0 aliphatic heterocycles. The highest BCUT2D eigenvalue weighted by atomic mass is 16.5. The van der Waals surface area contributed by atoms with Gasteiger partial charge in [-0.1, -0.05) is 5.92 Å². The smallest absolute Gasteiger partial charge is 0.384 e. The number of esters is 1. The Bertz CT molecular complexity index is 208. The van der Waals surface area contributed by atoms with Crippen LogP contribution in [0.2, 0.25) is 0 Å². The van der Waals surface area contributed by atoms with Crippen LogP contribution in [0.15, 0.2) is 0 Å². The Morgan fingerprint density at radius 3 is 2.64 bits per heavy atom.